The highest BCUT2D eigenvalue weighted by Gasteiger charge is 2.26. The molecule has 1 amide bonds. The zero-order valence-electron chi connectivity index (χ0n) is 22.6. The lowest BCUT2D eigenvalue weighted by atomic mass is 9.97. The molecule has 4 aromatic carbocycles. The van der Waals surface area contributed by atoms with Gasteiger partial charge >= 0.3 is 0 Å². The predicted molar refractivity (Wildman–Crippen MR) is 157 cm³/mol. The van der Waals surface area contributed by atoms with E-state index < -0.39 is 0 Å². The van der Waals surface area contributed by atoms with Crippen molar-refractivity contribution in [3.63, 3.8) is 0 Å². The van der Waals surface area contributed by atoms with Gasteiger partial charge in [0.15, 0.2) is 0 Å². The quantitative estimate of drug-likeness (QED) is 0.228. The Hall–Kier alpha value is -4.75. The van der Waals surface area contributed by atoms with Gasteiger partial charge in [0.05, 0.1) is 24.2 Å². The summed E-state index contributed by atoms with van der Waals surface area (Å²) >= 11 is 0. The third-order valence-corrected chi connectivity index (χ3v) is 7.43. The molecule has 0 spiro atoms. The van der Waals surface area contributed by atoms with Crippen LogP contribution in [0.2, 0.25) is 0 Å². The first kappa shape index (κ1) is 26.5. The lowest BCUT2D eigenvalue weighted by Crippen LogP contribution is -2.30. The van der Waals surface area contributed by atoms with E-state index in [1.165, 1.54) is 28.8 Å². The minimum absolute atomic E-state index is 0.0390. The number of imidazole rings is 1. The van der Waals surface area contributed by atoms with Crippen molar-refractivity contribution < 1.29 is 13.9 Å². The number of halogens is 1. The number of hydrogen-bond acceptors (Lipinski definition) is 4. The van der Waals surface area contributed by atoms with Crippen LogP contribution in [0.15, 0.2) is 110 Å². The molecule has 41 heavy (non-hydrogen) atoms. The number of amides is 1. The first-order valence-corrected chi connectivity index (χ1v) is 13.8. The molecule has 7 heteroatoms. The number of rotatable bonds is 9. The summed E-state index contributed by atoms with van der Waals surface area (Å²) in [6.45, 7) is 2.19. The standard InChI is InChI=1S/C34H31FN4O2/c35-28-15-11-24(12-16-28)19-38-34(40)31-8-4-7-30-32(17-18-41-33(30)31)37-21-29-20-36-23-39(29)22-25-9-13-27(14-10-25)26-5-2-1-3-6-26/h1-16,20,23,32,37H,17-19,21-22H2,(H,38,40). The van der Waals surface area contributed by atoms with Crippen LogP contribution < -0.4 is 15.4 Å². The largest absolute Gasteiger partial charge is 0.492 e. The predicted octanol–water partition coefficient (Wildman–Crippen LogP) is 6.28. The summed E-state index contributed by atoms with van der Waals surface area (Å²) in [5.74, 6) is 0.0905. The Morgan fingerprint density at radius 1 is 0.878 bits per heavy atom. The van der Waals surface area contributed by atoms with E-state index in [1.807, 2.05) is 30.7 Å². The van der Waals surface area contributed by atoms with Gasteiger partial charge in [-0.05, 0) is 40.5 Å². The van der Waals surface area contributed by atoms with Crippen molar-refractivity contribution in [1.82, 2.24) is 20.2 Å². The lowest BCUT2D eigenvalue weighted by Gasteiger charge is -2.28. The van der Waals surface area contributed by atoms with Gasteiger partial charge in [0, 0.05) is 43.9 Å². The molecule has 1 unspecified atom stereocenters. The molecule has 0 saturated carbocycles. The fourth-order valence-electron chi connectivity index (χ4n) is 5.19. The van der Waals surface area contributed by atoms with E-state index in [9.17, 15) is 9.18 Å². The second-order valence-corrected chi connectivity index (χ2v) is 10.2. The number of ether oxygens (including phenoxy) is 1. The maximum atomic E-state index is 13.2. The summed E-state index contributed by atoms with van der Waals surface area (Å²) in [6, 6.07) is 30.8. The fraction of sp³-hybridized carbons (Fsp3) is 0.176. The van der Waals surface area contributed by atoms with Crippen LogP contribution in [0.1, 0.15) is 45.2 Å². The molecule has 2 N–H and O–H groups in total. The second-order valence-electron chi connectivity index (χ2n) is 10.2. The maximum absolute atomic E-state index is 13.2. The molecule has 0 saturated heterocycles. The lowest BCUT2D eigenvalue weighted by molar-refractivity contribution is 0.0945. The van der Waals surface area contributed by atoms with Gasteiger partial charge in [0.1, 0.15) is 11.6 Å². The molecular formula is C34H31FN4O2. The Morgan fingerprint density at radius 3 is 2.44 bits per heavy atom. The fourth-order valence-corrected chi connectivity index (χ4v) is 5.19. The first-order valence-electron chi connectivity index (χ1n) is 13.8. The molecule has 0 bridgehead atoms. The summed E-state index contributed by atoms with van der Waals surface area (Å²) in [5, 5.41) is 6.58. The summed E-state index contributed by atoms with van der Waals surface area (Å²) in [4.78, 5) is 17.4. The molecule has 0 aliphatic carbocycles. The SMILES string of the molecule is O=C(NCc1ccc(F)cc1)c1cccc2c1OCCC2NCc1cncn1Cc1ccc(-c2ccccc2)cc1. The highest BCUT2D eigenvalue weighted by Crippen LogP contribution is 2.35. The number of hydrogen-bond donors (Lipinski definition) is 2. The first-order chi connectivity index (χ1) is 20.1. The Balaban J connectivity index is 1.10. The smallest absolute Gasteiger partial charge is 0.255 e. The number of benzene rings is 4. The number of carbonyl (C=O) groups is 1. The third-order valence-electron chi connectivity index (χ3n) is 7.43. The monoisotopic (exact) mass is 546 g/mol. The third kappa shape index (κ3) is 6.21. The Morgan fingerprint density at radius 2 is 1.63 bits per heavy atom. The van der Waals surface area contributed by atoms with Crippen molar-refractivity contribution in [1.29, 1.82) is 0 Å². The Labute approximate surface area is 238 Å². The van der Waals surface area contributed by atoms with Crippen LogP contribution in [0.4, 0.5) is 4.39 Å². The van der Waals surface area contributed by atoms with Crippen molar-refractivity contribution in [2.45, 2.75) is 32.1 Å². The van der Waals surface area contributed by atoms with Crippen molar-refractivity contribution in [2.75, 3.05) is 6.61 Å². The zero-order chi connectivity index (χ0) is 28.0. The van der Waals surface area contributed by atoms with E-state index in [4.69, 9.17) is 4.74 Å². The second kappa shape index (κ2) is 12.2. The maximum Gasteiger partial charge on any atom is 0.255 e. The number of para-hydroxylation sites is 1. The van der Waals surface area contributed by atoms with Crippen LogP contribution in [0.5, 0.6) is 5.75 Å². The molecule has 6 nitrogen and oxygen atoms in total. The molecule has 206 valence electrons. The van der Waals surface area contributed by atoms with Gasteiger partial charge < -0.3 is 19.9 Å². The van der Waals surface area contributed by atoms with Crippen LogP contribution >= 0.6 is 0 Å². The molecule has 1 aliphatic heterocycles. The highest BCUT2D eigenvalue weighted by molar-refractivity contribution is 5.97. The van der Waals surface area contributed by atoms with Gasteiger partial charge in [0.25, 0.3) is 5.91 Å². The van der Waals surface area contributed by atoms with Crippen molar-refractivity contribution in [3.05, 3.63) is 143 Å². The molecule has 1 aliphatic rings. The van der Waals surface area contributed by atoms with E-state index in [0.717, 1.165) is 29.8 Å². The van der Waals surface area contributed by atoms with Gasteiger partial charge in [-0.15, -0.1) is 0 Å². The molecule has 6 rings (SSSR count). The zero-order valence-corrected chi connectivity index (χ0v) is 22.6. The Kier molecular flexibility index (Phi) is 7.87. The van der Waals surface area contributed by atoms with E-state index in [2.05, 4.69) is 68.7 Å². The average Bonchev–Trinajstić information content (AvgIpc) is 3.46. The van der Waals surface area contributed by atoms with Crippen LogP contribution in [0.3, 0.4) is 0 Å². The minimum Gasteiger partial charge on any atom is -0.492 e. The van der Waals surface area contributed by atoms with Crippen molar-refractivity contribution in [2.24, 2.45) is 0 Å². The molecule has 2 heterocycles. The molecule has 1 aromatic heterocycles. The van der Waals surface area contributed by atoms with Gasteiger partial charge in [-0.1, -0.05) is 78.9 Å². The van der Waals surface area contributed by atoms with Crippen molar-refractivity contribution >= 4 is 5.91 Å². The topological polar surface area (TPSA) is 68.2 Å². The summed E-state index contributed by atoms with van der Waals surface area (Å²) in [5.41, 5.74) is 6.98. The van der Waals surface area contributed by atoms with Crippen LogP contribution in [0.25, 0.3) is 11.1 Å². The van der Waals surface area contributed by atoms with Crippen LogP contribution in [0, 0.1) is 5.82 Å². The molecule has 1 atom stereocenters. The number of fused-ring (bicyclic) bond motifs is 1. The molecular weight excluding hydrogens is 515 g/mol. The van der Waals surface area contributed by atoms with Gasteiger partial charge in [0.2, 0.25) is 0 Å². The molecule has 5 aromatic rings. The molecule has 0 radical (unpaired) electrons. The van der Waals surface area contributed by atoms with Crippen LogP contribution in [-0.2, 0) is 19.6 Å². The van der Waals surface area contributed by atoms with Crippen molar-refractivity contribution in [3.8, 4) is 16.9 Å². The van der Waals surface area contributed by atoms with Crippen LogP contribution in [-0.4, -0.2) is 22.1 Å². The highest BCUT2D eigenvalue weighted by atomic mass is 19.1. The number of nitrogens with zero attached hydrogens (tertiary/aromatic N) is 2. The summed E-state index contributed by atoms with van der Waals surface area (Å²) < 4.78 is 21.3. The number of carbonyl (C=O) groups excluding carboxylic acids is 1. The molecule has 0 fully saturated rings. The van der Waals surface area contributed by atoms with E-state index >= 15 is 0 Å². The summed E-state index contributed by atoms with van der Waals surface area (Å²) in [6.07, 6.45) is 4.55. The van der Waals surface area contributed by atoms with Gasteiger partial charge in [-0.25, -0.2) is 9.37 Å². The van der Waals surface area contributed by atoms with E-state index in [1.54, 1.807) is 18.2 Å². The number of aromatic nitrogens is 2. The summed E-state index contributed by atoms with van der Waals surface area (Å²) in [7, 11) is 0. The van der Waals surface area contributed by atoms with Gasteiger partial charge in [-0.2, -0.15) is 0 Å². The Bertz CT molecular complexity index is 1620. The number of nitrogens with one attached hydrogen (secondary N) is 2. The average molecular weight is 547 g/mol. The van der Waals surface area contributed by atoms with Gasteiger partial charge in [-0.3, -0.25) is 4.79 Å². The minimum atomic E-state index is -0.301. The normalized spacial score (nSPS) is 14.2. The van der Waals surface area contributed by atoms with E-state index in [-0.39, 0.29) is 17.8 Å². The van der Waals surface area contributed by atoms with E-state index in [0.29, 0.717) is 31.0 Å².